The van der Waals surface area contributed by atoms with Gasteiger partial charge in [0.2, 0.25) is 0 Å². The van der Waals surface area contributed by atoms with E-state index in [2.05, 4.69) is 9.97 Å². The molecule has 0 spiro atoms. The molecule has 2 N–H and O–H groups in total. The van der Waals surface area contributed by atoms with Crippen LogP contribution < -0.4 is 0 Å². The molecule has 4 heteroatoms. The third-order valence-electron chi connectivity index (χ3n) is 5.38. The summed E-state index contributed by atoms with van der Waals surface area (Å²) in [5, 5.41) is 9.80. The van der Waals surface area contributed by atoms with Crippen LogP contribution in [0, 0.1) is 12.3 Å². The smallest absolute Gasteiger partial charge is 0.310 e. The van der Waals surface area contributed by atoms with Gasteiger partial charge in [-0.1, -0.05) is 54.6 Å². The number of nitrogens with zero attached hydrogens (tertiary/aromatic N) is 1. The monoisotopic (exact) mass is 332 g/mol. The number of carboxylic acids is 1. The van der Waals surface area contributed by atoms with Crippen molar-refractivity contribution in [1.29, 1.82) is 0 Å². The Morgan fingerprint density at radius 2 is 1.64 bits per heavy atom. The molecule has 1 aromatic heterocycles. The highest BCUT2D eigenvalue weighted by Gasteiger charge is 2.67. The standard InChI is InChI=1S/C21H20N2O2/c1-13-12-22-19(23-13)16-10-8-15(9-11-16)18-17(21(18,2)20(24)25)14-6-4-3-5-7-14/h3-12,17-18H,1-2H3,(H,22,23)(H,24,25). The maximum atomic E-state index is 11.9. The first-order valence-electron chi connectivity index (χ1n) is 8.42. The largest absolute Gasteiger partial charge is 0.481 e. The number of hydrogen-bond acceptors (Lipinski definition) is 2. The molecule has 1 aliphatic carbocycles. The number of rotatable bonds is 4. The second-order valence-electron chi connectivity index (χ2n) is 6.99. The fourth-order valence-corrected chi connectivity index (χ4v) is 3.92. The van der Waals surface area contributed by atoms with Crippen molar-refractivity contribution in [3.05, 3.63) is 77.6 Å². The summed E-state index contributed by atoms with van der Waals surface area (Å²) in [5.41, 5.74) is 3.41. The van der Waals surface area contributed by atoms with Crippen LogP contribution in [-0.2, 0) is 4.79 Å². The molecule has 3 aromatic rings. The number of carbonyl (C=O) groups is 1. The van der Waals surface area contributed by atoms with E-state index in [4.69, 9.17) is 0 Å². The number of hydrogen-bond donors (Lipinski definition) is 2. The van der Waals surface area contributed by atoms with Gasteiger partial charge in [0.25, 0.3) is 0 Å². The quantitative estimate of drug-likeness (QED) is 0.746. The number of aromatic nitrogens is 2. The Balaban J connectivity index is 1.67. The first kappa shape index (κ1) is 15.6. The Labute approximate surface area is 146 Å². The lowest BCUT2D eigenvalue weighted by molar-refractivity contribution is -0.143. The molecule has 3 atom stereocenters. The molecule has 2 aromatic carbocycles. The van der Waals surface area contributed by atoms with Gasteiger partial charge in [0.1, 0.15) is 5.82 Å². The molecule has 126 valence electrons. The van der Waals surface area contributed by atoms with E-state index in [1.54, 1.807) is 6.20 Å². The fraction of sp³-hybridized carbons (Fsp3) is 0.238. The Morgan fingerprint density at radius 1 is 1.04 bits per heavy atom. The third-order valence-corrected chi connectivity index (χ3v) is 5.38. The predicted molar refractivity (Wildman–Crippen MR) is 96.4 cm³/mol. The van der Waals surface area contributed by atoms with Crippen LogP contribution in [0.2, 0.25) is 0 Å². The summed E-state index contributed by atoms with van der Waals surface area (Å²) >= 11 is 0. The molecular weight excluding hydrogens is 312 g/mol. The van der Waals surface area contributed by atoms with Crippen LogP contribution in [0.1, 0.15) is 35.6 Å². The average Bonchev–Trinajstić information content (AvgIpc) is 3.04. The summed E-state index contributed by atoms with van der Waals surface area (Å²) in [7, 11) is 0. The minimum Gasteiger partial charge on any atom is -0.481 e. The summed E-state index contributed by atoms with van der Waals surface area (Å²) in [6, 6.07) is 18.0. The number of H-pyrrole nitrogens is 1. The lowest BCUT2D eigenvalue weighted by Crippen LogP contribution is -2.14. The van der Waals surface area contributed by atoms with Gasteiger partial charge in [-0.3, -0.25) is 4.79 Å². The molecule has 1 heterocycles. The highest BCUT2D eigenvalue weighted by atomic mass is 16.4. The zero-order chi connectivity index (χ0) is 17.6. The molecule has 0 saturated heterocycles. The topological polar surface area (TPSA) is 66.0 Å². The lowest BCUT2D eigenvalue weighted by Gasteiger charge is -2.06. The van der Waals surface area contributed by atoms with Gasteiger partial charge >= 0.3 is 5.97 Å². The molecule has 3 unspecified atom stereocenters. The Hall–Kier alpha value is -2.88. The van der Waals surface area contributed by atoms with Crippen molar-refractivity contribution in [2.45, 2.75) is 25.7 Å². The van der Waals surface area contributed by atoms with E-state index in [1.807, 2.05) is 68.4 Å². The number of benzene rings is 2. The van der Waals surface area contributed by atoms with Crippen molar-refractivity contribution in [1.82, 2.24) is 9.97 Å². The molecule has 25 heavy (non-hydrogen) atoms. The van der Waals surface area contributed by atoms with Gasteiger partial charge in [-0.15, -0.1) is 0 Å². The van der Waals surface area contributed by atoms with Gasteiger partial charge in [0.15, 0.2) is 0 Å². The summed E-state index contributed by atoms with van der Waals surface area (Å²) in [4.78, 5) is 19.5. The second-order valence-corrected chi connectivity index (χ2v) is 6.99. The summed E-state index contributed by atoms with van der Waals surface area (Å²) in [5.74, 6) is 0.0836. The lowest BCUT2D eigenvalue weighted by atomic mass is 10.00. The Morgan fingerprint density at radius 3 is 2.16 bits per heavy atom. The molecule has 1 saturated carbocycles. The minimum absolute atomic E-state index is 0.00269. The maximum absolute atomic E-state index is 11.9. The summed E-state index contributed by atoms with van der Waals surface area (Å²) in [6.45, 7) is 3.82. The highest BCUT2D eigenvalue weighted by Crippen LogP contribution is 2.70. The van der Waals surface area contributed by atoms with E-state index in [0.29, 0.717) is 0 Å². The van der Waals surface area contributed by atoms with Crippen LogP contribution in [0.3, 0.4) is 0 Å². The van der Waals surface area contributed by atoms with Crippen LogP contribution in [-0.4, -0.2) is 21.0 Å². The first-order chi connectivity index (χ1) is 12.0. The molecule has 0 bridgehead atoms. The SMILES string of the molecule is Cc1cnc(-c2ccc(C3C(c4ccccc4)C3(C)C(=O)O)cc2)[nH]1. The molecular formula is C21H20N2O2. The van der Waals surface area contributed by atoms with E-state index >= 15 is 0 Å². The van der Waals surface area contributed by atoms with Crippen molar-refractivity contribution in [3.63, 3.8) is 0 Å². The molecule has 0 amide bonds. The van der Waals surface area contributed by atoms with E-state index in [-0.39, 0.29) is 11.8 Å². The molecule has 0 radical (unpaired) electrons. The van der Waals surface area contributed by atoms with Gasteiger partial charge < -0.3 is 10.1 Å². The molecule has 0 aliphatic heterocycles. The van der Waals surface area contributed by atoms with Gasteiger partial charge in [-0.25, -0.2) is 4.98 Å². The zero-order valence-electron chi connectivity index (χ0n) is 14.2. The number of carboxylic acid groups (broad SMARTS) is 1. The Bertz CT molecular complexity index is 915. The summed E-state index contributed by atoms with van der Waals surface area (Å²) < 4.78 is 0. The second kappa shape index (κ2) is 5.59. The number of imidazole rings is 1. The maximum Gasteiger partial charge on any atom is 0.310 e. The van der Waals surface area contributed by atoms with Crippen LogP contribution in [0.5, 0.6) is 0 Å². The van der Waals surface area contributed by atoms with Crippen LogP contribution in [0.15, 0.2) is 60.8 Å². The van der Waals surface area contributed by atoms with Gasteiger partial charge in [0, 0.05) is 29.3 Å². The Kier molecular flexibility index (Phi) is 3.49. The van der Waals surface area contributed by atoms with Crippen molar-refractivity contribution in [3.8, 4) is 11.4 Å². The van der Waals surface area contributed by atoms with Crippen LogP contribution in [0.4, 0.5) is 0 Å². The molecule has 1 fully saturated rings. The third kappa shape index (κ3) is 2.45. The van der Waals surface area contributed by atoms with Gasteiger partial charge in [0.05, 0.1) is 5.41 Å². The van der Waals surface area contributed by atoms with E-state index < -0.39 is 11.4 Å². The van der Waals surface area contributed by atoms with Crippen molar-refractivity contribution < 1.29 is 9.90 Å². The van der Waals surface area contributed by atoms with E-state index in [1.165, 1.54) is 0 Å². The average molecular weight is 332 g/mol. The number of aromatic amines is 1. The van der Waals surface area contributed by atoms with E-state index in [0.717, 1.165) is 28.2 Å². The molecule has 4 nitrogen and oxygen atoms in total. The summed E-state index contributed by atoms with van der Waals surface area (Å²) in [6.07, 6.45) is 1.80. The first-order valence-corrected chi connectivity index (χ1v) is 8.42. The minimum atomic E-state index is -0.760. The number of aryl methyl sites for hydroxylation is 1. The van der Waals surface area contributed by atoms with Crippen LogP contribution >= 0.6 is 0 Å². The van der Waals surface area contributed by atoms with Crippen molar-refractivity contribution in [2.75, 3.05) is 0 Å². The van der Waals surface area contributed by atoms with Gasteiger partial charge in [-0.2, -0.15) is 0 Å². The van der Waals surface area contributed by atoms with Crippen molar-refractivity contribution >= 4 is 5.97 Å². The highest BCUT2D eigenvalue weighted by molar-refractivity contribution is 5.83. The zero-order valence-corrected chi connectivity index (χ0v) is 14.2. The number of nitrogens with one attached hydrogen (secondary N) is 1. The predicted octanol–water partition coefficient (Wildman–Crippen LogP) is 4.36. The molecule has 4 rings (SSSR count). The van der Waals surface area contributed by atoms with Crippen LogP contribution in [0.25, 0.3) is 11.4 Å². The molecule has 1 aliphatic rings. The fourth-order valence-electron chi connectivity index (χ4n) is 3.92. The van der Waals surface area contributed by atoms with E-state index in [9.17, 15) is 9.90 Å². The van der Waals surface area contributed by atoms with Gasteiger partial charge in [-0.05, 0) is 25.0 Å². The number of aliphatic carboxylic acids is 1. The normalized spacial score (nSPS) is 24.9. The van der Waals surface area contributed by atoms with Crippen molar-refractivity contribution in [2.24, 2.45) is 5.41 Å².